The van der Waals surface area contributed by atoms with Crippen molar-refractivity contribution in [2.45, 2.75) is 41.5 Å². The molecular formula is C11H24S. The number of hydrogen-bond donors (Lipinski definition) is 0. The van der Waals surface area contributed by atoms with Crippen molar-refractivity contribution in [1.82, 2.24) is 0 Å². The molecule has 0 saturated carbocycles. The number of thioether (sulfide) groups is 1. The predicted molar refractivity (Wildman–Crippen MR) is 64.8 cm³/mol. The summed E-state index contributed by atoms with van der Waals surface area (Å²) in [6.07, 6.45) is 3.95. The fourth-order valence-corrected chi connectivity index (χ4v) is 0.710. The quantitative estimate of drug-likeness (QED) is 0.556. The van der Waals surface area contributed by atoms with Gasteiger partial charge in [0.25, 0.3) is 0 Å². The van der Waals surface area contributed by atoms with E-state index < -0.39 is 0 Å². The van der Waals surface area contributed by atoms with Crippen LogP contribution >= 0.6 is 11.8 Å². The normalized spacial score (nSPS) is 9.58. The Morgan fingerprint density at radius 1 is 1.08 bits per heavy atom. The Kier molecular flexibility index (Phi) is 25.3. The molecule has 0 amide bonds. The highest BCUT2D eigenvalue weighted by Gasteiger charge is 1.86. The van der Waals surface area contributed by atoms with Gasteiger partial charge in [0.05, 0.1) is 0 Å². The van der Waals surface area contributed by atoms with Crippen molar-refractivity contribution in [3.05, 3.63) is 23.1 Å². The van der Waals surface area contributed by atoms with Crippen LogP contribution in [0, 0.1) is 0 Å². The van der Waals surface area contributed by atoms with Crippen molar-refractivity contribution in [2.75, 3.05) is 6.26 Å². The Balaban J connectivity index is -0.000000175. The van der Waals surface area contributed by atoms with E-state index in [0.29, 0.717) is 0 Å². The second kappa shape index (κ2) is 17.1. The standard InChI is InChI=1S/C7H12S.2C2H6/c1-5-6(2)7(3)8-4;2*1-2/h5H,1H2,2-4H3;2*1-2H3/b7-6-;;. The summed E-state index contributed by atoms with van der Waals surface area (Å²) in [5.74, 6) is 0. The molecular weight excluding hydrogens is 164 g/mol. The first-order valence-corrected chi connectivity index (χ1v) is 5.78. The van der Waals surface area contributed by atoms with Crippen molar-refractivity contribution in [1.29, 1.82) is 0 Å². The summed E-state index contributed by atoms with van der Waals surface area (Å²) >= 11 is 1.77. The molecule has 0 rings (SSSR count). The van der Waals surface area contributed by atoms with Crippen molar-refractivity contribution in [3.63, 3.8) is 0 Å². The minimum atomic E-state index is 1.28. The summed E-state index contributed by atoms with van der Waals surface area (Å²) in [6, 6.07) is 0. The largest absolute Gasteiger partial charge is 0.134 e. The highest BCUT2D eigenvalue weighted by Crippen LogP contribution is 2.15. The Morgan fingerprint density at radius 2 is 1.42 bits per heavy atom. The van der Waals surface area contributed by atoms with Gasteiger partial charge >= 0.3 is 0 Å². The van der Waals surface area contributed by atoms with Gasteiger partial charge in [-0.05, 0) is 30.6 Å². The Morgan fingerprint density at radius 3 is 1.50 bits per heavy atom. The third-order valence-electron chi connectivity index (χ3n) is 1.17. The zero-order valence-electron chi connectivity index (χ0n) is 9.69. The third-order valence-corrected chi connectivity index (χ3v) is 2.10. The second-order valence-corrected chi connectivity index (χ2v) is 2.67. The lowest BCUT2D eigenvalue weighted by Crippen LogP contribution is -1.70. The molecule has 0 aliphatic rings. The van der Waals surface area contributed by atoms with Gasteiger partial charge in [-0.3, -0.25) is 0 Å². The van der Waals surface area contributed by atoms with Crippen molar-refractivity contribution < 1.29 is 0 Å². The van der Waals surface area contributed by atoms with Gasteiger partial charge in [-0.2, -0.15) is 0 Å². The molecule has 1 heteroatoms. The van der Waals surface area contributed by atoms with Gasteiger partial charge < -0.3 is 0 Å². The fourth-order valence-electron chi connectivity index (χ4n) is 0.305. The number of allylic oxidation sites excluding steroid dienone is 3. The van der Waals surface area contributed by atoms with Crippen LogP contribution in [0.4, 0.5) is 0 Å². The van der Waals surface area contributed by atoms with Gasteiger partial charge in [-0.25, -0.2) is 0 Å². The molecule has 0 nitrogen and oxygen atoms in total. The number of rotatable bonds is 2. The monoisotopic (exact) mass is 188 g/mol. The maximum atomic E-state index is 3.66. The molecule has 0 aromatic carbocycles. The summed E-state index contributed by atoms with van der Waals surface area (Å²) in [4.78, 5) is 1.35. The molecule has 0 aromatic rings. The van der Waals surface area contributed by atoms with Crippen LogP contribution in [-0.4, -0.2) is 6.26 Å². The predicted octanol–water partition coefficient (Wildman–Crippen LogP) is 4.88. The first kappa shape index (κ1) is 17.8. The van der Waals surface area contributed by atoms with E-state index in [2.05, 4.69) is 26.7 Å². The van der Waals surface area contributed by atoms with Crippen molar-refractivity contribution in [3.8, 4) is 0 Å². The van der Waals surface area contributed by atoms with Crippen LogP contribution in [0.5, 0.6) is 0 Å². The smallest absolute Gasteiger partial charge is 0.0140 e. The first-order chi connectivity index (χ1) is 5.72. The molecule has 0 atom stereocenters. The molecule has 0 heterocycles. The summed E-state index contributed by atoms with van der Waals surface area (Å²) in [5, 5.41) is 0. The van der Waals surface area contributed by atoms with Gasteiger partial charge in [0, 0.05) is 0 Å². The van der Waals surface area contributed by atoms with Crippen LogP contribution in [-0.2, 0) is 0 Å². The highest BCUT2D eigenvalue weighted by molar-refractivity contribution is 8.02. The average Bonchev–Trinajstić information content (AvgIpc) is 2.21. The Hall–Kier alpha value is -0.170. The maximum Gasteiger partial charge on any atom is -0.0140 e. The van der Waals surface area contributed by atoms with Crippen LogP contribution in [0.15, 0.2) is 23.1 Å². The van der Waals surface area contributed by atoms with E-state index in [-0.39, 0.29) is 0 Å². The van der Waals surface area contributed by atoms with Crippen LogP contribution in [0.25, 0.3) is 0 Å². The molecule has 0 bridgehead atoms. The molecule has 0 radical (unpaired) electrons. The molecule has 0 N–H and O–H groups in total. The second-order valence-electron chi connectivity index (χ2n) is 1.65. The molecule has 74 valence electrons. The summed E-state index contributed by atoms with van der Waals surface area (Å²) in [7, 11) is 0. The Bertz CT molecular complexity index is 112. The molecule has 0 saturated heterocycles. The number of hydrogen-bond acceptors (Lipinski definition) is 1. The van der Waals surface area contributed by atoms with Gasteiger partial charge in [0.15, 0.2) is 0 Å². The summed E-state index contributed by atoms with van der Waals surface area (Å²) < 4.78 is 0. The lowest BCUT2D eigenvalue weighted by molar-refractivity contribution is 1.46. The fraction of sp³-hybridized carbons (Fsp3) is 0.636. The molecule has 0 aliphatic carbocycles. The van der Waals surface area contributed by atoms with Crippen molar-refractivity contribution in [2.24, 2.45) is 0 Å². The van der Waals surface area contributed by atoms with E-state index in [0.717, 1.165) is 0 Å². The van der Waals surface area contributed by atoms with Gasteiger partial charge in [0.1, 0.15) is 0 Å². The average molecular weight is 188 g/mol. The topological polar surface area (TPSA) is 0 Å². The maximum absolute atomic E-state index is 3.66. The highest BCUT2D eigenvalue weighted by atomic mass is 32.2. The van der Waals surface area contributed by atoms with E-state index in [4.69, 9.17) is 0 Å². The van der Waals surface area contributed by atoms with E-state index in [9.17, 15) is 0 Å². The summed E-state index contributed by atoms with van der Waals surface area (Å²) in [6.45, 7) is 15.8. The van der Waals surface area contributed by atoms with Crippen LogP contribution in [0.3, 0.4) is 0 Å². The van der Waals surface area contributed by atoms with E-state index >= 15 is 0 Å². The van der Waals surface area contributed by atoms with Crippen molar-refractivity contribution >= 4 is 11.8 Å². The van der Waals surface area contributed by atoms with E-state index in [1.807, 2.05) is 33.8 Å². The molecule has 0 fully saturated rings. The van der Waals surface area contributed by atoms with Gasteiger partial charge in [0.2, 0.25) is 0 Å². The molecule has 0 aromatic heterocycles. The van der Waals surface area contributed by atoms with Crippen LogP contribution in [0.2, 0.25) is 0 Å². The van der Waals surface area contributed by atoms with E-state index in [1.54, 1.807) is 11.8 Å². The zero-order valence-corrected chi connectivity index (χ0v) is 10.5. The van der Waals surface area contributed by atoms with E-state index in [1.165, 1.54) is 10.5 Å². The Labute approximate surface area is 83.1 Å². The van der Waals surface area contributed by atoms with Crippen LogP contribution < -0.4 is 0 Å². The zero-order chi connectivity index (χ0) is 10.6. The summed E-state index contributed by atoms with van der Waals surface area (Å²) in [5.41, 5.74) is 1.28. The third kappa shape index (κ3) is 12.5. The lowest BCUT2D eigenvalue weighted by atomic mass is 10.3. The molecule has 0 spiro atoms. The molecule has 12 heavy (non-hydrogen) atoms. The SMILES string of the molecule is C=C/C(C)=C(/C)SC.CC.CC. The first-order valence-electron chi connectivity index (χ1n) is 4.56. The van der Waals surface area contributed by atoms with Crippen LogP contribution in [0.1, 0.15) is 41.5 Å². The minimum absolute atomic E-state index is 1.28. The minimum Gasteiger partial charge on any atom is -0.134 e. The molecule has 0 aliphatic heterocycles. The van der Waals surface area contributed by atoms with Gasteiger partial charge in [-0.15, -0.1) is 11.8 Å². The lowest BCUT2D eigenvalue weighted by Gasteiger charge is -1.95. The van der Waals surface area contributed by atoms with Gasteiger partial charge in [-0.1, -0.05) is 40.3 Å². The molecule has 0 unspecified atom stereocenters.